The van der Waals surface area contributed by atoms with Gasteiger partial charge in [-0.05, 0) is 37.8 Å². The first-order valence-corrected chi connectivity index (χ1v) is 5.15. The molecular weight excluding hydrogens is 362 g/mol. The third-order valence-corrected chi connectivity index (χ3v) is 1.90. The summed E-state index contributed by atoms with van der Waals surface area (Å²) >= 11 is 0. The molecular formula is C13H17IrN. The van der Waals surface area contributed by atoms with Crippen molar-refractivity contribution in [3.05, 3.63) is 54.9 Å². The molecule has 0 bridgehead atoms. The van der Waals surface area contributed by atoms with Gasteiger partial charge in [0.15, 0.2) is 0 Å². The van der Waals surface area contributed by atoms with Gasteiger partial charge in [0.2, 0.25) is 0 Å². The van der Waals surface area contributed by atoms with E-state index in [1.165, 1.54) is 25.7 Å². The van der Waals surface area contributed by atoms with E-state index in [9.17, 15) is 0 Å². The van der Waals surface area contributed by atoms with Gasteiger partial charge in [-0.15, -0.1) is 0 Å². The van der Waals surface area contributed by atoms with Crippen LogP contribution in [-0.2, 0) is 20.1 Å². The Morgan fingerprint density at radius 1 is 0.600 bits per heavy atom. The summed E-state index contributed by atoms with van der Waals surface area (Å²) < 4.78 is 0. The van der Waals surface area contributed by atoms with Crippen molar-refractivity contribution < 1.29 is 20.1 Å². The fraction of sp³-hybridized carbons (Fsp3) is 0.308. The molecule has 1 radical (unpaired) electrons. The second-order valence-corrected chi connectivity index (χ2v) is 3.12. The molecule has 1 aliphatic rings. The summed E-state index contributed by atoms with van der Waals surface area (Å²) in [6, 6.07) is 5.72. The monoisotopic (exact) mass is 380 g/mol. The molecule has 2 heteroatoms. The Kier molecular flexibility index (Phi) is 10.8. The molecule has 0 spiro atoms. The summed E-state index contributed by atoms with van der Waals surface area (Å²) in [5.74, 6) is 0. The van der Waals surface area contributed by atoms with Crippen LogP contribution in [0.2, 0.25) is 0 Å². The van der Waals surface area contributed by atoms with Crippen LogP contribution in [0.4, 0.5) is 0 Å². The van der Waals surface area contributed by atoms with E-state index < -0.39 is 0 Å². The summed E-state index contributed by atoms with van der Waals surface area (Å²) in [4.78, 5) is 3.78. The van der Waals surface area contributed by atoms with E-state index in [0.29, 0.717) is 0 Å². The number of hydrogen-bond acceptors (Lipinski definition) is 1. The largest absolute Gasteiger partial charge is 0.265 e. The Morgan fingerprint density at radius 3 is 1.20 bits per heavy atom. The third-order valence-electron chi connectivity index (χ3n) is 1.90. The quantitative estimate of drug-likeness (QED) is 0.626. The van der Waals surface area contributed by atoms with Crippen LogP contribution >= 0.6 is 0 Å². The minimum atomic E-state index is 0. The number of nitrogens with zero attached hydrogens (tertiary/aromatic N) is 1. The van der Waals surface area contributed by atoms with Crippen LogP contribution in [0, 0.1) is 0 Å². The van der Waals surface area contributed by atoms with Crippen LogP contribution in [0.3, 0.4) is 0 Å². The predicted molar refractivity (Wildman–Crippen MR) is 61.0 cm³/mol. The molecule has 15 heavy (non-hydrogen) atoms. The summed E-state index contributed by atoms with van der Waals surface area (Å²) in [5, 5.41) is 0. The Bertz CT molecular complexity index is 214. The van der Waals surface area contributed by atoms with E-state index in [2.05, 4.69) is 29.3 Å². The van der Waals surface area contributed by atoms with Crippen LogP contribution in [0.15, 0.2) is 54.9 Å². The average molecular weight is 380 g/mol. The summed E-state index contributed by atoms with van der Waals surface area (Å²) in [6.45, 7) is 0. The van der Waals surface area contributed by atoms with Gasteiger partial charge in [0.1, 0.15) is 0 Å². The Morgan fingerprint density at radius 2 is 1.00 bits per heavy atom. The average Bonchev–Trinajstić information content (AvgIpc) is 2.20. The number of hydrogen-bond donors (Lipinski definition) is 0. The van der Waals surface area contributed by atoms with Crippen molar-refractivity contribution in [2.24, 2.45) is 0 Å². The van der Waals surface area contributed by atoms with Gasteiger partial charge in [-0.1, -0.05) is 30.4 Å². The van der Waals surface area contributed by atoms with Crippen LogP contribution in [-0.4, -0.2) is 4.98 Å². The second-order valence-electron chi connectivity index (χ2n) is 3.12. The fourth-order valence-electron chi connectivity index (χ4n) is 1.17. The van der Waals surface area contributed by atoms with E-state index >= 15 is 0 Å². The van der Waals surface area contributed by atoms with E-state index in [0.717, 1.165) is 0 Å². The van der Waals surface area contributed by atoms with Crippen LogP contribution in [0.25, 0.3) is 0 Å². The summed E-state index contributed by atoms with van der Waals surface area (Å²) in [7, 11) is 0. The van der Waals surface area contributed by atoms with E-state index in [4.69, 9.17) is 0 Å². The number of allylic oxidation sites excluding steroid dienone is 4. The van der Waals surface area contributed by atoms with Crippen LogP contribution in [0.5, 0.6) is 0 Å². The van der Waals surface area contributed by atoms with Gasteiger partial charge >= 0.3 is 0 Å². The first-order chi connectivity index (χ1) is 7.00. The second kappa shape index (κ2) is 11.4. The molecule has 0 saturated carbocycles. The number of rotatable bonds is 0. The molecule has 1 aromatic heterocycles. The molecule has 0 N–H and O–H groups in total. The number of aromatic nitrogens is 1. The molecule has 0 atom stereocenters. The van der Waals surface area contributed by atoms with Crippen LogP contribution < -0.4 is 0 Å². The molecule has 1 heterocycles. The zero-order valence-electron chi connectivity index (χ0n) is 8.81. The first kappa shape index (κ1) is 14.3. The van der Waals surface area contributed by atoms with Crippen molar-refractivity contribution in [2.45, 2.75) is 25.7 Å². The third kappa shape index (κ3) is 9.58. The Labute approximate surface area is 106 Å². The van der Waals surface area contributed by atoms with Crippen molar-refractivity contribution in [2.75, 3.05) is 0 Å². The standard InChI is InChI=1S/C8H12.C5H5N.Ir/c1-2-4-6-8-7-5-3-1;1-2-4-6-5-3-1;/h1-2,7-8H,3-6H2;1-5H;/b2-1-,8-7-;;. The van der Waals surface area contributed by atoms with Crippen molar-refractivity contribution in [1.82, 2.24) is 4.98 Å². The van der Waals surface area contributed by atoms with E-state index in [-0.39, 0.29) is 20.1 Å². The smallest absolute Gasteiger partial charge is 0.0267 e. The van der Waals surface area contributed by atoms with E-state index in [1.54, 1.807) is 12.4 Å². The molecule has 1 aromatic rings. The maximum Gasteiger partial charge on any atom is 0.0267 e. The fourth-order valence-corrected chi connectivity index (χ4v) is 1.17. The van der Waals surface area contributed by atoms with Gasteiger partial charge in [-0.3, -0.25) is 4.98 Å². The summed E-state index contributed by atoms with van der Waals surface area (Å²) in [6.07, 6.45) is 17.5. The van der Waals surface area contributed by atoms with Gasteiger partial charge in [0.05, 0.1) is 0 Å². The molecule has 83 valence electrons. The molecule has 0 unspecified atom stereocenters. The van der Waals surface area contributed by atoms with Crippen molar-refractivity contribution in [3.63, 3.8) is 0 Å². The number of pyridine rings is 1. The van der Waals surface area contributed by atoms with Crippen LogP contribution in [0.1, 0.15) is 25.7 Å². The van der Waals surface area contributed by atoms with Gasteiger partial charge < -0.3 is 0 Å². The van der Waals surface area contributed by atoms with Gasteiger partial charge in [-0.2, -0.15) is 0 Å². The Balaban J connectivity index is 0.000000253. The summed E-state index contributed by atoms with van der Waals surface area (Å²) in [5.41, 5.74) is 0. The van der Waals surface area contributed by atoms with Gasteiger partial charge in [0.25, 0.3) is 0 Å². The zero-order valence-corrected chi connectivity index (χ0v) is 11.2. The van der Waals surface area contributed by atoms with Crippen molar-refractivity contribution in [1.29, 1.82) is 0 Å². The first-order valence-electron chi connectivity index (χ1n) is 5.15. The van der Waals surface area contributed by atoms with Crippen molar-refractivity contribution in [3.8, 4) is 0 Å². The molecule has 0 aliphatic heterocycles. The maximum atomic E-state index is 3.78. The zero-order chi connectivity index (χ0) is 9.90. The van der Waals surface area contributed by atoms with Gasteiger partial charge in [-0.25, -0.2) is 0 Å². The molecule has 2 rings (SSSR count). The molecule has 0 saturated heterocycles. The molecule has 1 aliphatic carbocycles. The van der Waals surface area contributed by atoms with Gasteiger partial charge in [0, 0.05) is 32.5 Å². The topological polar surface area (TPSA) is 12.9 Å². The van der Waals surface area contributed by atoms with Crippen molar-refractivity contribution >= 4 is 0 Å². The SMILES string of the molecule is C1=C\CC/C=C\CC/1.[Ir].c1ccncc1. The molecule has 0 fully saturated rings. The van der Waals surface area contributed by atoms with E-state index in [1.807, 2.05) is 18.2 Å². The maximum absolute atomic E-state index is 3.78. The Hall–Kier alpha value is -0.721. The normalized spacial score (nSPS) is 18.1. The molecule has 0 amide bonds. The predicted octanol–water partition coefficient (Wildman–Crippen LogP) is 3.75. The minimum absolute atomic E-state index is 0. The molecule has 1 nitrogen and oxygen atoms in total. The minimum Gasteiger partial charge on any atom is -0.265 e. The molecule has 0 aromatic carbocycles.